The molecule has 0 atom stereocenters. The van der Waals surface area contributed by atoms with Crippen molar-refractivity contribution >= 4 is 38.6 Å². The van der Waals surface area contributed by atoms with Crippen LogP contribution in [0.15, 0.2) is 120 Å². The highest BCUT2D eigenvalue weighted by Crippen LogP contribution is 2.51. The van der Waals surface area contributed by atoms with Crippen LogP contribution in [0.1, 0.15) is 104 Å². The molecule has 2 heteroatoms. The summed E-state index contributed by atoms with van der Waals surface area (Å²) in [4.78, 5) is 2.64. The summed E-state index contributed by atoms with van der Waals surface area (Å²) in [6.45, 7) is 16.4. The van der Waals surface area contributed by atoms with E-state index in [0.29, 0.717) is 0 Å². The van der Waals surface area contributed by atoms with Gasteiger partial charge in [0.2, 0.25) is 5.69 Å². The maximum atomic E-state index is 2.64. The third-order valence-corrected chi connectivity index (χ3v) is 11.4. The molecule has 0 amide bonds. The van der Waals surface area contributed by atoms with E-state index in [4.69, 9.17) is 0 Å². The van der Waals surface area contributed by atoms with Crippen LogP contribution in [0.5, 0.6) is 0 Å². The molecule has 4 aromatic carbocycles. The van der Waals surface area contributed by atoms with Gasteiger partial charge in [0.15, 0.2) is 5.71 Å². The topological polar surface area (TPSA) is 6.25 Å². The first-order valence-corrected chi connectivity index (χ1v) is 19.0. The van der Waals surface area contributed by atoms with E-state index in [1.165, 1.54) is 98.7 Å². The molecular formula is C47H55N2+. The molecule has 0 spiro atoms. The summed E-state index contributed by atoms with van der Waals surface area (Å²) in [5, 5.41) is 5.44. The normalized spacial score (nSPS) is 19.9. The number of anilines is 1. The first-order valence-electron chi connectivity index (χ1n) is 19.0. The molecular weight excluding hydrogens is 593 g/mol. The van der Waals surface area contributed by atoms with Crippen LogP contribution >= 0.6 is 0 Å². The molecule has 2 heterocycles. The van der Waals surface area contributed by atoms with Crippen molar-refractivity contribution in [2.24, 2.45) is 0 Å². The average Bonchev–Trinajstić information content (AvgIpc) is 3.46. The van der Waals surface area contributed by atoms with Gasteiger partial charge in [0.1, 0.15) is 6.54 Å². The van der Waals surface area contributed by atoms with Gasteiger partial charge in [0.25, 0.3) is 0 Å². The van der Waals surface area contributed by atoms with Crippen molar-refractivity contribution in [2.75, 3.05) is 18.0 Å². The SMILES string of the molecule is CCCCCCN1/C(=C\C=C2C=C(/C=C/C3=[N+](CCC)c4ccc5ccccc5c4C3(C)C)CCC\2)C(C)(C)c2c1ccc1ccccc21. The van der Waals surface area contributed by atoms with E-state index in [9.17, 15) is 0 Å². The predicted molar refractivity (Wildman–Crippen MR) is 213 cm³/mol. The quantitative estimate of drug-likeness (QED) is 0.123. The second kappa shape index (κ2) is 13.6. The lowest BCUT2D eigenvalue weighted by atomic mass is 9.79. The van der Waals surface area contributed by atoms with Gasteiger partial charge in [-0.15, -0.1) is 0 Å². The highest BCUT2D eigenvalue weighted by atomic mass is 15.2. The fraction of sp³-hybridized carbons (Fsp3) is 0.383. The molecule has 4 aromatic rings. The molecule has 2 aliphatic heterocycles. The smallest absolute Gasteiger partial charge is 0.210 e. The fourth-order valence-corrected chi connectivity index (χ4v) is 8.99. The first kappa shape index (κ1) is 33.3. The van der Waals surface area contributed by atoms with Gasteiger partial charge in [-0.05, 0) is 96.0 Å². The predicted octanol–water partition coefficient (Wildman–Crippen LogP) is 12.6. The minimum Gasteiger partial charge on any atom is -0.344 e. The number of hydrogen-bond acceptors (Lipinski definition) is 1. The Morgan fingerprint density at radius 1 is 0.694 bits per heavy atom. The van der Waals surface area contributed by atoms with E-state index >= 15 is 0 Å². The number of nitrogens with zero attached hydrogens (tertiary/aromatic N) is 2. The molecule has 0 bridgehead atoms. The van der Waals surface area contributed by atoms with Crippen LogP contribution in [0.3, 0.4) is 0 Å². The molecule has 0 unspecified atom stereocenters. The Bertz CT molecular complexity index is 2040. The second-order valence-electron chi connectivity index (χ2n) is 15.6. The monoisotopic (exact) mass is 647 g/mol. The van der Waals surface area contributed by atoms with E-state index in [-0.39, 0.29) is 10.8 Å². The third kappa shape index (κ3) is 6.02. The first-order chi connectivity index (χ1) is 23.8. The molecule has 3 aliphatic rings. The highest BCUT2D eigenvalue weighted by Gasteiger charge is 2.45. The van der Waals surface area contributed by atoms with Crippen LogP contribution in [0.2, 0.25) is 0 Å². The summed E-state index contributed by atoms with van der Waals surface area (Å²) in [5.41, 5.74) is 11.3. The summed E-state index contributed by atoms with van der Waals surface area (Å²) in [6, 6.07) is 27.2. The fourth-order valence-electron chi connectivity index (χ4n) is 8.99. The van der Waals surface area contributed by atoms with Gasteiger partial charge in [-0.25, -0.2) is 0 Å². The van der Waals surface area contributed by atoms with E-state index in [0.717, 1.165) is 32.4 Å². The summed E-state index contributed by atoms with van der Waals surface area (Å²) in [5.74, 6) is 0. The van der Waals surface area contributed by atoms with Crippen LogP contribution in [-0.2, 0) is 10.8 Å². The Kier molecular flexibility index (Phi) is 9.27. The van der Waals surface area contributed by atoms with E-state index in [2.05, 4.69) is 154 Å². The van der Waals surface area contributed by atoms with E-state index < -0.39 is 0 Å². The standard InChI is InChI=1S/C47H55N2/c1-7-9-10-15-32-49-41-28-26-37-20-12-14-22-39(37)45(41)47(5,6)43(49)30-24-35-18-16-17-34(33-35)23-29-42-46(3,4)44-38-21-13-11-19-36(38)25-27-40(44)48(42)31-8-2/h11-14,19-30,33H,7-10,15-18,31-32H2,1-6H3/q+1. The molecule has 2 nitrogen and oxygen atoms in total. The zero-order valence-corrected chi connectivity index (χ0v) is 30.8. The van der Waals surface area contributed by atoms with Crippen LogP contribution < -0.4 is 4.90 Å². The van der Waals surface area contributed by atoms with Gasteiger partial charge < -0.3 is 4.90 Å². The summed E-state index contributed by atoms with van der Waals surface area (Å²) in [7, 11) is 0. The lowest BCUT2D eigenvalue weighted by Crippen LogP contribution is -2.28. The van der Waals surface area contributed by atoms with Crippen molar-refractivity contribution in [3.8, 4) is 0 Å². The van der Waals surface area contributed by atoms with Crippen molar-refractivity contribution in [3.05, 3.63) is 131 Å². The van der Waals surface area contributed by atoms with Crippen molar-refractivity contribution in [1.29, 1.82) is 0 Å². The number of hydrogen-bond donors (Lipinski definition) is 0. The second-order valence-corrected chi connectivity index (χ2v) is 15.6. The molecule has 7 rings (SSSR count). The number of allylic oxidation sites excluding steroid dienone is 8. The number of rotatable bonds is 10. The Morgan fingerprint density at radius 3 is 2.14 bits per heavy atom. The summed E-state index contributed by atoms with van der Waals surface area (Å²) < 4.78 is 2.58. The van der Waals surface area contributed by atoms with Crippen molar-refractivity contribution in [2.45, 2.75) is 104 Å². The molecule has 0 saturated carbocycles. The number of unbranched alkanes of at least 4 members (excludes halogenated alkanes) is 3. The maximum absolute atomic E-state index is 2.64. The molecule has 0 aromatic heterocycles. The zero-order chi connectivity index (χ0) is 34.2. The molecule has 0 saturated heterocycles. The average molecular weight is 648 g/mol. The lowest BCUT2D eigenvalue weighted by molar-refractivity contribution is -0.437. The lowest BCUT2D eigenvalue weighted by Gasteiger charge is -2.27. The van der Waals surface area contributed by atoms with Gasteiger partial charge >= 0.3 is 0 Å². The van der Waals surface area contributed by atoms with Crippen molar-refractivity contribution in [1.82, 2.24) is 0 Å². The van der Waals surface area contributed by atoms with Crippen LogP contribution in [-0.4, -0.2) is 23.4 Å². The molecule has 0 radical (unpaired) electrons. The molecule has 49 heavy (non-hydrogen) atoms. The van der Waals surface area contributed by atoms with Crippen molar-refractivity contribution in [3.63, 3.8) is 0 Å². The Labute approximate surface area is 295 Å². The summed E-state index contributed by atoms with van der Waals surface area (Å²) >= 11 is 0. The third-order valence-electron chi connectivity index (χ3n) is 11.4. The minimum absolute atomic E-state index is 0.0615. The Morgan fingerprint density at radius 2 is 1.41 bits per heavy atom. The van der Waals surface area contributed by atoms with Gasteiger partial charge in [0.05, 0.1) is 5.41 Å². The minimum atomic E-state index is -0.0638. The van der Waals surface area contributed by atoms with Gasteiger partial charge in [0, 0.05) is 47.5 Å². The largest absolute Gasteiger partial charge is 0.344 e. The van der Waals surface area contributed by atoms with Gasteiger partial charge in [-0.3, -0.25) is 0 Å². The summed E-state index contributed by atoms with van der Waals surface area (Å²) in [6.07, 6.45) is 21.9. The molecule has 252 valence electrons. The number of fused-ring (bicyclic) bond motifs is 6. The van der Waals surface area contributed by atoms with Gasteiger partial charge in [-0.1, -0.05) is 120 Å². The van der Waals surface area contributed by atoms with E-state index in [1.54, 1.807) is 0 Å². The van der Waals surface area contributed by atoms with Crippen LogP contribution in [0, 0.1) is 0 Å². The highest BCUT2D eigenvalue weighted by molar-refractivity contribution is 6.07. The van der Waals surface area contributed by atoms with Crippen molar-refractivity contribution < 1.29 is 4.58 Å². The van der Waals surface area contributed by atoms with Crippen LogP contribution in [0.25, 0.3) is 21.5 Å². The van der Waals surface area contributed by atoms with E-state index in [1.807, 2.05) is 0 Å². The maximum Gasteiger partial charge on any atom is 0.210 e. The molecule has 0 N–H and O–H groups in total. The van der Waals surface area contributed by atoms with Gasteiger partial charge in [-0.2, -0.15) is 4.58 Å². The Balaban J connectivity index is 1.22. The number of benzene rings is 4. The van der Waals surface area contributed by atoms with Crippen LogP contribution in [0.4, 0.5) is 11.4 Å². The zero-order valence-electron chi connectivity index (χ0n) is 30.8. The Hall–Kier alpha value is -4.17. The molecule has 1 aliphatic carbocycles. The molecule has 0 fully saturated rings.